The van der Waals surface area contributed by atoms with Gasteiger partial charge < -0.3 is 14.6 Å². The predicted molar refractivity (Wildman–Crippen MR) is 90.6 cm³/mol. The molecule has 8 nitrogen and oxygen atoms in total. The Balaban J connectivity index is 1.52. The van der Waals surface area contributed by atoms with Crippen molar-refractivity contribution in [3.05, 3.63) is 48.9 Å². The Labute approximate surface area is 144 Å². The molecule has 1 atom stereocenters. The van der Waals surface area contributed by atoms with Gasteiger partial charge in [-0.1, -0.05) is 6.07 Å². The molecule has 1 aliphatic heterocycles. The quantitative estimate of drug-likeness (QED) is 0.764. The van der Waals surface area contributed by atoms with Gasteiger partial charge in [0.2, 0.25) is 5.89 Å². The monoisotopic (exact) mass is 338 g/mol. The highest BCUT2D eigenvalue weighted by Crippen LogP contribution is 2.29. The number of H-pyrrole nitrogens is 1. The summed E-state index contributed by atoms with van der Waals surface area (Å²) in [6.45, 7) is 0.691. The highest BCUT2D eigenvalue weighted by Gasteiger charge is 2.30. The van der Waals surface area contributed by atoms with Crippen molar-refractivity contribution in [1.29, 1.82) is 0 Å². The van der Waals surface area contributed by atoms with Gasteiger partial charge >= 0.3 is 6.03 Å². The molecule has 1 unspecified atom stereocenters. The zero-order valence-corrected chi connectivity index (χ0v) is 13.6. The number of hydrogen-bond donors (Lipinski definition) is 2. The zero-order chi connectivity index (χ0) is 17.1. The number of likely N-dealkylation sites (tertiary alicyclic amines) is 1. The third-order valence-electron chi connectivity index (χ3n) is 4.31. The number of carbonyl (C=O) groups is 1. The number of benzene rings is 1. The van der Waals surface area contributed by atoms with Crippen LogP contribution in [0.4, 0.5) is 10.5 Å². The lowest BCUT2D eigenvalue weighted by molar-refractivity contribution is 0.159. The third kappa shape index (κ3) is 3.23. The molecule has 128 valence electrons. The average molecular weight is 338 g/mol. The fourth-order valence-electron chi connectivity index (χ4n) is 3.13. The summed E-state index contributed by atoms with van der Waals surface area (Å²) in [4.78, 5) is 22.9. The second-order valence-corrected chi connectivity index (χ2v) is 5.92. The summed E-state index contributed by atoms with van der Waals surface area (Å²) in [5.74, 6) is 1.25. The van der Waals surface area contributed by atoms with E-state index in [1.165, 1.54) is 12.6 Å². The number of nitrogens with zero attached hydrogens (tertiary/aromatic N) is 4. The molecule has 2 aromatic heterocycles. The SMILES string of the molecule is O=C(Nc1cccc(-c2ncco2)c1)N1CCCCC1c1ncn[nH]1. The number of anilines is 1. The first kappa shape index (κ1) is 15.4. The minimum Gasteiger partial charge on any atom is -0.445 e. The van der Waals surface area contributed by atoms with Crippen LogP contribution in [0.25, 0.3) is 11.5 Å². The van der Waals surface area contributed by atoms with Crippen molar-refractivity contribution in [2.24, 2.45) is 0 Å². The smallest absolute Gasteiger partial charge is 0.322 e. The molecule has 0 radical (unpaired) electrons. The summed E-state index contributed by atoms with van der Waals surface area (Å²) in [5.41, 5.74) is 1.51. The predicted octanol–water partition coefficient (Wildman–Crippen LogP) is 3.22. The average Bonchev–Trinajstić information content (AvgIpc) is 3.36. The van der Waals surface area contributed by atoms with Gasteiger partial charge in [-0.15, -0.1) is 0 Å². The lowest BCUT2D eigenvalue weighted by Gasteiger charge is -2.34. The van der Waals surface area contributed by atoms with E-state index in [4.69, 9.17) is 4.42 Å². The molecule has 1 aromatic carbocycles. The molecule has 3 aromatic rings. The third-order valence-corrected chi connectivity index (χ3v) is 4.31. The second-order valence-electron chi connectivity index (χ2n) is 5.92. The molecule has 1 fully saturated rings. The van der Waals surface area contributed by atoms with Crippen LogP contribution >= 0.6 is 0 Å². The Morgan fingerprint density at radius 3 is 3.08 bits per heavy atom. The van der Waals surface area contributed by atoms with Gasteiger partial charge in [-0.2, -0.15) is 5.10 Å². The van der Waals surface area contributed by atoms with Crippen LogP contribution in [0.1, 0.15) is 31.1 Å². The molecule has 0 spiro atoms. The van der Waals surface area contributed by atoms with Gasteiger partial charge in [0, 0.05) is 17.8 Å². The van der Waals surface area contributed by atoms with Crippen LogP contribution in [0.3, 0.4) is 0 Å². The van der Waals surface area contributed by atoms with Crippen LogP contribution in [-0.4, -0.2) is 37.6 Å². The minimum atomic E-state index is -0.148. The number of aromatic amines is 1. The number of aromatic nitrogens is 4. The minimum absolute atomic E-state index is 0.0776. The summed E-state index contributed by atoms with van der Waals surface area (Å²) < 4.78 is 5.31. The normalized spacial score (nSPS) is 17.4. The maximum absolute atomic E-state index is 12.8. The number of oxazole rings is 1. The zero-order valence-electron chi connectivity index (χ0n) is 13.6. The molecule has 0 saturated carbocycles. The van der Waals surface area contributed by atoms with E-state index in [2.05, 4.69) is 25.5 Å². The van der Waals surface area contributed by atoms with E-state index in [9.17, 15) is 4.79 Å². The van der Waals surface area contributed by atoms with Crippen molar-refractivity contribution < 1.29 is 9.21 Å². The van der Waals surface area contributed by atoms with E-state index >= 15 is 0 Å². The maximum atomic E-state index is 12.8. The van der Waals surface area contributed by atoms with Crippen LogP contribution in [0.5, 0.6) is 0 Å². The summed E-state index contributed by atoms with van der Waals surface area (Å²) in [6, 6.07) is 7.21. The van der Waals surface area contributed by atoms with E-state index in [-0.39, 0.29) is 12.1 Å². The lowest BCUT2D eigenvalue weighted by Crippen LogP contribution is -2.41. The Kier molecular flexibility index (Phi) is 4.16. The standard InChI is InChI=1S/C17H18N6O2/c24-17(23-8-2-1-6-14(23)15-19-11-20-22-15)21-13-5-3-4-12(10-13)16-18-7-9-25-16/h3-5,7,9-11,14H,1-2,6,8H2,(H,21,24)(H,19,20,22). The number of urea groups is 1. The fraction of sp³-hybridized carbons (Fsp3) is 0.294. The highest BCUT2D eigenvalue weighted by atomic mass is 16.3. The van der Waals surface area contributed by atoms with Crippen molar-refractivity contribution in [2.75, 3.05) is 11.9 Å². The number of hydrogen-bond acceptors (Lipinski definition) is 5. The van der Waals surface area contributed by atoms with Crippen molar-refractivity contribution >= 4 is 11.7 Å². The molecular formula is C17H18N6O2. The summed E-state index contributed by atoms with van der Waals surface area (Å²) in [6.07, 6.45) is 7.51. The Bertz CT molecular complexity index is 831. The van der Waals surface area contributed by atoms with Crippen LogP contribution in [0.2, 0.25) is 0 Å². The number of nitrogens with one attached hydrogen (secondary N) is 2. The van der Waals surface area contributed by atoms with Crippen LogP contribution in [0, 0.1) is 0 Å². The van der Waals surface area contributed by atoms with Gasteiger partial charge in [-0.3, -0.25) is 5.10 Å². The van der Waals surface area contributed by atoms with Gasteiger partial charge in [0.25, 0.3) is 0 Å². The molecule has 1 aliphatic rings. The molecule has 0 aliphatic carbocycles. The summed E-state index contributed by atoms with van der Waals surface area (Å²) in [7, 11) is 0. The Hall–Kier alpha value is -3.16. The van der Waals surface area contributed by atoms with E-state index in [1.54, 1.807) is 6.20 Å². The molecule has 8 heteroatoms. The topological polar surface area (TPSA) is 99.9 Å². The molecular weight excluding hydrogens is 320 g/mol. The van der Waals surface area contributed by atoms with Gasteiger partial charge in [0.05, 0.1) is 12.2 Å². The molecule has 2 amide bonds. The van der Waals surface area contributed by atoms with Gasteiger partial charge in [0.1, 0.15) is 18.4 Å². The van der Waals surface area contributed by atoms with Crippen LogP contribution < -0.4 is 5.32 Å². The highest BCUT2D eigenvalue weighted by molar-refractivity contribution is 5.90. The summed E-state index contributed by atoms with van der Waals surface area (Å²) in [5, 5.41) is 9.74. The number of rotatable bonds is 3. The molecule has 1 saturated heterocycles. The molecule has 3 heterocycles. The lowest BCUT2D eigenvalue weighted by atomic mass is 10.0. The van der Waals surface area contributed by atoms with Crippen LogP contribution in [-0.2, 0) is 0 Å². The van der Waals surface area contributed by atoms with Crippen molar-refractivity contribution in [3.8, 4) is 11.5 Å². The maximum Gasteiger partial charge on any atom is 0.322 e. The largest absolute Gasteiger partial charge is 0.445 e. The molecule has 0 bridgehead atoms. The molecule has 4 rings (SSSR count). The van der Waals surface area contributed by atoms with Crippen molar-refractivity contribution in [2.45, 2.75) is 25.3 Å². The molecule has 25 heavy (non-hydrogen) atoms. The summed E-state index contributed by atoms with van der Waals surface area (Å²) >= 11 is 0. The number of piperidine rings is 1. The van der Waals surface area contributed by atoms with Gasteiger partial charge in [-0.25, -0.2) is 14.8 Å². The second kappa shape index (κ2) is 6.76. The van der Waals surface area contributed by atoms with E-state index < -0.39 is 0 Å². The van der Waals surface area contributed by atoms with Crippen LogP contribution in [0.15, 0.2) is 47.5 Å². The first-order valence-electron chi connectivity index (χ1n) is 8.24. The fourth-order valence-corrected chi connectivity index (χ4v) is 3.13. The van der Waals surface area contributed by atoms with E-state index in [0.29, 0.717) is 18.1 Å². The van der Waals surface area contributed by atoms with E-state index in [0.717, 1.165) is 30.7 Å². The number of amides is 2. The molecule has 2 N–H and O–H groups in total. The first-order valence-corrected chi connectivity index (χ1v) is 8.24. The van der Waals surface area contributed by atoms with Crippen molar-refractivity contribution in [3.63, 3.8) is 0 Å². The van der Waals surface area contributed by atoms with Gasteiger partial charge in [-0.05, 0) is 37.5 Å². The Morgan fingerprint density at radius 1 is 1.32 bits per heavy atom. The number of carbonyl (C=O) groups excluding carboxylic acids is 1. The van der Waals surface area contributed by atoms with E-state index in [1.807, 2.05) is 29.2 Å². The van der Waals surface area contributed by atoms with Crippen molar-refractivity contribution in [1.82, 2.24) is 25.1 Å². The first-order chi connectivity index (χ1) is 12.3. The van der Waals surface area contributed by atoms with Gasteiger partial charge in [0.15, 0.2) is 0 Å². The Morgan fingerprint density at radius 2 is 2.28 bits per heavy atom.